The van der Waals surface area contributed by atoms with Gasteiger partial charge in [0.1, 0.15) is 12.6 Å². The minimum absolute atomic E-state index is 0.0606. The van der Waals surface area contributed by atoms with Crippen molar-refractivity contribution < 1.29 is 24.2 Å². The molecule has 0 spiro atoms. The molecule has 2 aromatic carbocycles. The Labute approximate surface area is 193 Å². The highest BCUT2D eigenvalue weighted by Gasteiger charge is 2.32. The summed E-state index contributed by atoms with van der Waals surface area (Å²) < 4.78 is 5.51. The van der Waals surface area contributed by atoms with Crippen molar-refractivity contribution in [2.45, 2.75) is 57.0 Å². The number of benzene rings is 2. The van der Waals surface area contributed by atoms with Gasteiger partial charge in [0.15, 0.2) is 0 Å². The molecule has 2 amide bonds. The van der Waals surface area contributed by atoms with Crippen LogP contribution in [-0.2, 0) is 14.3 Å². The third-order valence-corrected chi connectivity index (χ3v) is 6.73. The van der Waals surface area contributed by atoms with Crippen LogP contribution in [0.4, 0.5) is 4.79 Å². The summed E-state index contributed by atoms with van der Waals surface area (Å²) in [6, 6.07) is 14.9. The Morgan fingerprint density at radius 3 is 2.21 bits per heavy atom. The predicted octanol–water partition coefficient (Wildman–Crippen LogP) is 4.06. The molecule has 4 rings (SSSR count). The largest absolute Gasteiger partial charge is 0.481 e. The van der Waals surface area contributed by atoms with Crippen molar-refractivity contribution in [3.8, 4) is 11.1 Å². The second-order valence-electron chi connectivity index (χ2n) is 8.89. The van der Waals surface area contributed by atoms with E-state index >= 15 is 0 Å². The third kappa shape index (κ3) is 5.02. The molecular formula is C26H30N2O5. The molecule has 0 saturated heterocycles. The number of ether oxygens (including phenoxy) is 1. The van der Waals surface area contributed by atoms with Crippen LogP contribution in [0.25, 0.3) is 11.1 Å². The Kier molecular flexibility index (Phi) is 6.96. The summed E-state index contributed by atoms with van der Waals surface area (Å²) in [5.74, 6) is -1.95. The maximum absolute atomic E-state index is 12.6. The highest BCUT2D eigenvalue weighted by molar-refractivity contribution is 5.86. The minimum Gasteiger partial charge on any atom is -0.481 e. The number of carbonyl (C=O) groups is 3. The van der Waals surface area contributed by atoms with Gasteiger partial charge in [0.05, 0.1) is 5.92 Å². The molecule has 2 aromatic rings. The van der Waals surface area contributed by atoms with E-state index in [1.54, 1.807) is 6.92 Å². The second-order valence-corrected chi connectivity index (χ2v) is 8.89. The Morgan fingerprint density at radius 1 is 0.970 bits per heavy atom. The van der Waals surface area contributed by atoms with Gasteiger partial charge in [0.2, 0.25) is 5.91 Å². The molecule has 3 N–H and O–H groups in total. The van der Waals surface area contributed by atoms with Crippen LogP contribution in [0.3, 0.4) is 0 Å². The Morgan fingerprint density at radius 2 is 1.58 bits per heavy atom. The van der Waals surface area contributed by atoms with Gasteiger partial charge in [-0.05, 0) is 42.0 Å². The molecule has 3 atom stereocenters. The fourth-order valence-electron chi connectivity index (χ4n) is 4.97. The first-order valence-corrected chi connectivity index (χ1v) is 11.6. The number of alkyl carbamates (subject to hydrolysis) is 1. The number of rotatable bonds is 6. The molecule has 7 nitrogen and oxygen atoms in total. The topological polar surface area (TPSA) is 105 Å². The van der Waals surface area contributed by atoms with E-state index in [4.69, 9.17) is 4.74 Å². The second kappa shape index (κ2) is 10.1. The van der Waals surface area contributed by atoms with E-state index < -0.39 is 36.0 Å². The van der Waals surface area contributed by atoms with Crippen molar-refractivity contribution in [2.75, 3.05) is 6.61 Å². The normalized spacial score (nSPS) is 20.6. The summed E-state index contributed by atoms with van der Waals surface area (Å²) in [6.45, 7) is 1.74. The maximum Gasteiger partial charge on any atom is 0.407 e. The first kappa shape index (κ1) is 22.8. The molecular weight excluding hydrogens is 420 g/mol. The van der Waals surface area contributed by atoms with Crippen molar-refractivity contribution in [3.05, 3.63) is 59.7 Å². The van der Waals surface area contributed by atoms with Gasteiger partial charge in [0.25, 0.3) is 0 Å². The number of carbonyl (C=O) groups excluding carboxylic acids is 2. The first-order chi connectivity index (χ1) is 16.0. The molecule has 0 bridgehead atoms. The minimum atomic E-state index is -0.889. The molecule has 1 saturated carbocycles. The van der Waals surface area contributed by atoms with Gasteiger partial charge in [-0.3, -0.25) is 9.59 Å². The van der Waals surface area contributed by atoms with E-state index in [1.807, 2.05) is 36.4 Å². The number of fused-ring (bicyclic) bond motifs is 3. The van der Waals surface area contributed by atoms with Crippen LogP contribution in [0, 0.1) is 5.92 Å². The summed E-state index contributed by atoms with van der Waals surface area (Å²) in [6.07, 6.45) is 3.19. The van der Waals surface area contributed by atoms with E-state index in [9.17, 15) is 19.5 Å². The van der Waals surface area contributed by atoms with E-state index in [0.717, 1.165) is 41.5 Å². The van der Waals surface area contributed by atoms with Crippen LogP contribution in [0.2, 0.25) is 0 Å². The SMILES string of the molecule is C[C@@H](NC(=O)OCC1c2ccccc2-c2ccccc21)C(=O)NC1CCCCCC1C(=O)O. The number of amides is 2. The van der Waals surface area contributed by atoms with Crippen LogP contribution in [-0.4, -0.2) is 41.8 Å². The van der Waals surface area contributed by atoms with Gasteiger partial charge in [-0.2, -0.15) is 0 Å². The number of aliphatic carboxylic acids is 1. The monoisotopic (exact) mass is 450 g/mol. The van der Waals surface area contributed by atoms with E-state index in [2.05, 4.69) is 22.8 Å². The Hall–Kier alpha value is -3.35. The standard InChI is InChI=1S/C26H30N2O5/c1-16(24(29)28-23-14-4-2-3-13-21(23)25(30)31)27-26(32)33-15-22-19-11-7-5-9-17(19)18-10-6-8-12-20(18)22/h5-12,16,21-23H,2-4,13-15H2,1H3,(H,27,32)(H,28,29)(H,30,31)/t16-,21?,23?/m1/s1. The van der Waals surface area contributed by atoms with Crippen LogP contribution in [0.15, 0.2) is 48.5 Å². The highest BCUT2D eigenvalue weighted by atomic mass is 16.5. The van der Waals surface area contributed by atoms with Crippen molar-refractivity contribution >= 4 is 18.0 Å². The number of carboxylic acids is 1. The smallest absolute Gasteiger partial charge is 0.407 e. The van der Waals surface area contributed by atoms with Crippen LogP contribution in [0.5, 0.6) is 0 Å². The average Bonchev–Trinajstić information content (AvgIpc) is 2.94. The summed E-state index contributed by atoms with van der Waals surface area (Å²) in [4.78, 5) is 36.7. The molecule has 2 aliphatic carbocycles. The van der Waals surface area contributed by atoms with Crippen LogP contribution < -0.4 is 10.6 Å². The van der Waals surface area contributed by atoms with Gasteiger partial charge < -0.3 is 20.5 Å². The molecule has 7 heteroatoms. The number of carboxylic acid groups (broad SMARTS) is 1. The summed E-state index contributed by atoms with van der Waals surface area (Å²) >= 11 is 0. The maximum atomic E-state index is 12.6. The zero-order valence-corrected chi connectivity index (χ0v) is 18.8. The van der Waals surface area contributed by atoms with Crippen LogP contribution >= 0.6 is 0 Å². The Balaban J connectivity index is 1.33. The molecule has 174 valence electrons. The van der Waals surface area contributed by atoms with Gasteiger partial charge in [0, 0.05) is 12.0 Å². The van der Waals surface area contributed by atoms with Crippen LogP contribution in [0.1, 0.15) is 56.1 Å². The first-order valence-electron chi connectivity index (χ1n) is 11.6. The summed E-state index contributed by atoms with van der Waals surface area (Å²) in [7, 11) is 0. The summed E-state index contributed by atoms with van der Waals surface area (Å²) in [5.41, 5.74) is 4.52. The molecule has 33 heavy (non-hydrogen) atoms. The molecule has 0 radical (unpaired) electrons. The molecule has 0 heterocycles. The summed E-state index contributed by atoms with van der Waals surface area (Å²) in [5, 5.41) is 14.9. The lowest BCUT2D eigenvalue weighted by Gasteiger charge is -2.25. The zero-order valence-electron chi connectivity index (χ0n) is 18.8. The fourth-order valence-corrected chi connectivity index (χ4v) is 4.97. The molecule has 2 unspecified atom stereocenters. The number of hydrogen-bond donors (Lipinski definition) is 3. The highest BCUT2D eigenvalue weighted by Crippen LogP contribution is 2.44. The van der Waals surface area contributed by atoms with Gasteiger partial charge >= 0.3 is 12.1 Å². The lowest BCUT2D eigenvalue weighted by Crippen LogP contribution is -2.51. The van der Waals surface area contributed by atoms with Crippen molar-refractivity contribution in [2.24, 2.45) is 5.92 Å². The van der Waals surface area contributed by atoms with E-state index in [0.29, 0.717) is 12.8 Å². The van der Waals surface area contributed by atoms with Gasteiger partial charge in [-0.1, -0.05) is 67.8 Å². The molecule has 0 aromatic heterocycles. The van der Waals surface area contributed by atoms with Gasteiger partial charge in [-0.15, -0.1) is 0 Å². The third-order valence-electron chi connectivity index (χ3n) is 6.73. The average molecular weight is 451 g/mol. The van der Waals surface area contributed by atoms with Crippen molar-refractivity contribution in [1.29, 1.82) is 0 Å². The van der Waals surface area contributed by atoms with E-state index in [-0.39, 0.29) is 12.5 Å². The fraction of sp³-hybridized carbons (Fsp3) is 0.423. The lowest BCUT2D eigenvalue weighted by atomic mass is 9.94. The quantitative estimate of drug-likeness (QED) is 0.576. The Bertz CT molecular complexity index is 991. The lowest BCUT2D eigenvalue weighted by molar-refractivity contribution is -0.143. The van der Waals surface area contributed by atoms with Crippen molar-refractivity contribution in [3.63, 3.8) is 0 Å². The molecule has 0 aliphatic heterocycles. The van der Waals surface area contributed by atoms with E-state index in [1.165, 1.54) is 0 Å². The number of nitrogens with one attached hydrogen (secondary N) is 2. The molecule has 1 fully saturated rings. The predicted molar refractivity (Wildman–Crippen MR) is 124 cm³/mol. The number of hydrogen-bond acceptors (Lipinski definition) is 4. The van der Waals surface area contributed by atoms with Crippen molar-refractivity contribution in [1.82, 2.24) is 10.6 Å². The zero-order chi connectivity index (χ0) is 23.4. The molecule has 2 aliphatic rings. The van der Waals surface area contributed by atoms with Gasteiger partial charge in [-0.25, -0.2) is 4.79 Å².